The fraction of sp³-hybridized carbons (Fsp3) is 0. The Morgan fingerprint density at radius 1 is 0.171 bits per heavy atom. The predicted octanol–water partition coefficient (Wildman–Crippen LogP) is 35.9. The highest BCUT2D eigenvalue weighted by atomic mass is 35.5. The Hall–Kier alpha value is -18.1. The number of hydrogen-bond acceptors (Lipinski definition) is 16. The van der Waals surface area contributed by atoms with E-state index >= 15 is 0 Å². The molecule has 0 radical (unpaired) electrons. The maximum atomic E-state index is 6.31. The van der Waals surface area contributed by atoms with Crippen molar-refractivity contribution < 1.29 is 26.5 Å². The molecule has 0 N–H and O–H groups in total. The topological polar surface area (TPSA) is 213 Å². The first-order valence-corrected chi connectivity index (χ1v) is 49.0. The summed E-state index contributed by atoms with van der Waals surface area (Å²) in [6.45, 7) is 0. The molecule has 690 valence electrons. The molecule has 12 heterocycles. The maximum absolute atomic E-state index is 6.31. The fourth-order valence-corrected chi connectivity index (χ4v) is 21.3. The molecule has 0 saturated carbocycles. The van der Waals surface area contributed by atoms with Crippen molar-refractivity contribution in [3.8, 4) is 73.1 Å². The number of aromatic nitrogens is 11. The quantitative estimate of drug-likeness (QED) is 0.107. The highest BCUT2D eigenvalue weighted by Crippen LogP contribution is 2.48. The van der Waals surface area contributed by atoms with E-state index in [1.165, 1.54) is 48.8 Å². The van der Waals surface area contributed by atoms with E-state index in [0.717, 1.165) is 198 Å². The number of halogens is 5. The number of hydrogen-bond donors (Lipinski definition) is 0. The molecule has 22 heteroatoms. The second-order valence-electron chi connectivity index (χ2n) is 35.4. The van der Waals surface area contributed by atoms with E-state index < -0.39 is 0 Å². The van der Waals surface area contributed by atoms with Gasteiger partial charge < -0.3 is 31.1 Å². The second-order valence-corrected chi connectivity index (χ2v) is 37.0. The van der Waals surface area contributed by atoms with Gasteiger partial charge in [-0.15, -0.1) is 0 Å². The van der Waals surface area contributed by atoms with Gasteiger partial charge in [-0.2, -0.15) is 24.9 Å². The molecule has 0 saturated heterocycles. The summed E-state index contributed by atoms with van der Waals surface area (Å²) in [5, 5.41) is 26.4. The van der Waals surface area contributed by atoms with Gasteiger partial charge in [0.15, 0.2) is 0 Å². The number of para-hydroxylation sites is 9. The van der Waals surface area contributed by atoms with Crippen molar-refractivity contribution in [3.63, 3.8) is 0 Å². The van der Waals surface area contributed by atoms with Crippen LogP contribution in [0.5, 0.6) is 0 Å². The van der Waals surface area contributed by atoms with Gasteiger partial charge in [-0.05, 0) is 220 Å². The summed E-state index contributed by atoms with van der Waals surface area (Å²) in [5.74, 6) is 0. The van der Waals surface area contributed by atoms with E-state index in [4.69, 9.17) is 84.5 Å². The first-order valence-electron chi connectivity index (χ1n) is 47.1. The number of furan rings is 6. The van der Waals surface area contributed by atoms with Crippen molar-refractivity contribution in [3.05, 3.63) is 439 Å². The van der Waals surface area contributed by atoms with Gasteiger partial charge in [0.1, 0.15) is 39.1 Å². The van der Waals surface area contributed by atoms with Gasteiger partial charge >= 0.3 is 0 Å². The van der Waals surface area contributed by atoms with Crippen molar-refractivity contribution in [1.82, 2.24) is 54.4 Å². The Bertz CT molecular complexity index is 10800. The molecule has 19 aromatic carbocycles. The molecule has 146 heavy (non-hydrogen) atoms. The van der Waals surface area contributed by atoms with Crippen LogP contribution in [0, 0.1) is 0 Å². The van der Waals surface area contributed by atoms with Crippen LogP contribution in [-0.4, -0.2) is 54.4 Å². The van der Waals surface area contributed by atoms with Gasteiger partial charge in [0.25, 0.3) is 0 Å². The Balaban J connectivity index is 0.0000000906. The Morgan fingerprint density at radius 3 is 1.01 bits per heavy atom. The van der Waals surface area contributed by atoms with E-state index in [0.29, 0.717) is 34.3 Å². The molecule has 0 fully saturated rings. The van der Waals surface area contributed by atoms with Crippen molar-refractivity contribution in [2.75, 3.05) is 0 Å². The molecule has 12 aromatic heterocycles. The third-order valence-electron chi connectivity index (χ3n) is 26.9. The Kier molecular flexibility index (Phi) is 21.4. The van der Waals surface area contributed by atoms with Gasteiger partial charge in [-0.25, -0.2) is 24.9 Å². The van der Waals surface area contributed by atoms with E-state index in [1.54, 1.807) is 0 Å². The van der Waals surface area contributed by atoms with Gasteiger partial charge in [-0.3, -0.25) is 0 Å². The average molecular weight is 1990 g/mol. The molecule has 0 unspecified atom stereocenters. The summed E-state index contributed by atoms with van der Waals surface area (Å²) >= 11 is 31.3. The lowest BCUT2D eigenvalue weighted by molar-refractivity contribution is 0.652. The summed E-state index contributed by atoms with van der Waals surface area (Å²) in [7, 11) is 0. The van der Waals surface area contributed by atoms with Gasteiger partial charge in [0.2, 0.25) is 55.0 Å². The zero-order valence-corrected chi connectivity index (χ0v) is 80.3. The molecule has 0 atom stereocenters. The zero-order chi connectivity index (χ0) is 97.3. The summed E-state index contributed by atoms with van der Waals surface area (Å²) in [6.07, 6.45) is 0. The minimum Gasteiger partial charge on any atom is -0.455 e. The zero-order valence-electron chi connectivity index (χ0n) is 76.5. The third kappa shape index (κ3) is 15.3. The van der Waals surface area contributed by atoms with E-state index in [-0.39, 0.29) is 26.4 Å². The largest absolute Gasteiger partial charge is 0.455 e. The molecule has 0 amide bonds. The van der Waals surface area contributed by atoms with Crippen molar-refractivity contribution in [2.45, 2.75) is 0 Å². The van der Waals surface area contributed by atoms with Crippen LogP contribution in [0.4, 0.5) is 0 Å². The van der Waals surface area contributed by atoms with E-state index in [9.17, 15) is 0 Å². The summed E-state index contributed by atoms with van der Waals surface area (Å²) < 4.78 is 38.1. The second kappa shape index (κ2) is 35.9. The highest BCUT2D eigenvalue weighted by Gasteiger charge is 2.27. The lowest BCUT2D eigenvalue weighted by Crippen LogP contribution is -1.93. The predicted molar refractivity (Wildman–Crippen MR) is 593 cm³/mol. The molecule has 17 nitrogen and oxygen atoms in total. The monoisotopic (exact) mass is 1980 g/mol. The fourth-order valence-electron chi connectivity index (χ4n) is 20.5. The maximum Gasteiger partial charge on any atom is 0.232 e. The number of fused-ring (bicyclic) bond motifs is 28. The lowest BCUT2D eigenvalue weighted by Gasteiger charge is -2.11. The SMILES string of the molecule is Clc1nc(-c2cc3ccccc3c3ccccc23)c2c(n1)oc1ccccc12.Clc1nc(-c2ccc3c(c2)c2ccccc2n3-c2ccccc2)c2c(n1)oc1ccccc12.Clc1nc(-c2ccc3c(ccc4ccccc43)c2)c2c(n1)oc1ccccc12.Clc1nc(-c2ccc3cc(-c4ccccc4)ccc3c2)c2c(n1)oc1ccccc12.Clc1nc(-c2cccc3c2oc2ccccc23)c2c(n1)oc1ccccc12. The van der Waals surface area contributed by atoms with Gasteiger partial charge in [-0.1, -0.05) is 315 Å². The standard InChI is InChI=1S/C28H16ClN3O.C26H15ClN2O.2C24H13ClN2O.C22H11ClN2O2/c29-28-30-26(25-20-11-5-7-13-24(20)33-27(25)31-28)17-14-15-23-21(16-17)19-10-4-6-12-22(19)32(23)18-8-2-1-3-9-18;27-26-28-24(23-21-8-4-5-9-22(21)30-25(23)29-26)20-13-12-18-14-17(10-11-19(18)15-20)16-6-2-1-3-7-16;25-24-26-22(21-18-11-5-6-12-20(18)28-23(21)27-24)19-13-14-7-1-2-8-15(14)16-9-3-4-10-17(16)19;25-24-26-22(21-19-7-3-4-8-20(19)28-23(21)27-24)16-11-12-18-15(13-16)10-9-14-5-1-2-6-17(14)18;23-22-24-19(18-14-7-2-4-11-17(14)27-21(18)25-22)15-9-5-8-13-12-6-1-3-10-16(12)26-20(13)15/h1-16H;1-15H;2*1-13H;1-11H. The van der Waals surface area contributed by atoms with Crippen LogP contribution in [0.3, 0.4) is 0 Å². The van der Waals surface area contributed by atoms with Crippen LogP contribution < -0.4 is 0 Å². The highest BCUT2D eigenvalue weighted by molar-refractivity contribution is 6.32. The van der Waals surface area contributed by atoms with Crippen molar-refractivity contribution in [1.29, 1.82) is 0 Å². The average Bonchev–Trinajstić information content (AvgIpc) is 1.60. The Morgan fingerprint density at radius 2 is 0.493 bits per heavy atom. The molecule has 0 bridgehead atoms. The van der Waals surface area contributed by atoms with Crippen molar-refractivity contribution in [2.24, 2.45) is 0 Å². The van der Waals surface area contributed by atoms with Crippen LogP contribution in [-0.2, 0) is 0 Å². The molecule has 0 aliphatic carbocycles. The molecule has 31 aromatic rings. The minimum absolute atomic E-state index is 0.143. The summed E-state index contributed by atoms with van der Waals surface area (Å²) in [4.78, 5) is 44.5. The minimum atomic E-state index is 0.143. The van der Waals surface area contributed by atoms with Crippen LogP contribution in [0.25, 0.3) is 281 Å². The first kappa shape index (κ1) is 87.0. The first-order chi connectivity index (χ1) is 71.9. The summed E-state index contributed by atoms with van der Waals surface area (Å²) in [6, 6.07) is 140. The molecular weight excluding hydrogens is 1920 g/mol. The van der Waals surface area contributed by atoms with Gasteiger partial charge in [0.05, 0.1) is 66.4 Å². The molecule has 0 aliphatic rings. The van der Waals surface area contributed by atoms with E-state index in [1.807, 2.05) is 170 Å². The van der Waals surface area contributed by atoms with Crippen LogP contribution in [0.2, 0.25) is 26.4 Å². The van der Waals surface area contributed by atoms with Crippen molar-refractivity contribution >= 4 is 266 Å². The van der Waals surface area contributed by atoms with Crippen LogP contribution in [0.1, 0.15) is 0 Å². The molecular formula is C124H68Cl5N11O6. The van der Waals surface area contributed by atoms with Gasteiger partial charge in [0, 0.05) is 82.0 Å². The summed E-state index contributed by atoms with van der Waals surface area (Å²) in [5.41, 5.74) is 22.5. The smallest absolute Gasteiger partial charge is 0.232 e. The molecule has 0 spiro atoms. The van der Waals surface area contributed by atoms with E-state index in [2.05, 4.69) is 297 Å². The van der Waals surface area contributed by atoms with Crippen LogP contribution >= 0.6 is 58.0 Å². The number of nitrogens with zero attached hydrogens (tertiary/aromatic N) is 11. The lowest BCUT2D eigenvalue weighted by atomic mass is 9.94. The molecule has 31 rings (SSSR count). The third-order valence-corrected chi connectivity index (χ3v) is 27.8. The number of benzene rings is 19. The molecule has 0 aliphatic heterocycles. The Labute approximate surface area is 852 Å². The number of rotatable bonds is 7. The van der Waals surface area contributed by atoms with Crippen LogP contribution in [0.15, 0.2) is 439 Å². The normalized spacial score (nSPS) is 11.7.